The van der Waals surface area contributed by atoms with Crippen LogP contribution in [-0.2, 0) is 22.4 Å². The SMILES string of the molecule is COCC(=O)N[C@@H](Cc1cccc(Br)c1)[C@H](O)CN[C@H]1CC2(CCC2)Oc2ncc(CC(C)(C)C)cc21. The van der Waals surface area contributed by atoms with Gasteiger partial charge in [-0.15, -0.1) is 0 Å². The van der Waals surface area contributed by atoms with Crippen molar-refractivity contribution in [2.24, 2.45) is 5.41 Å². The molecule has 1 saturated carbocycles. The standard InChI is InChI=1S/C29H40BrN3O4/c1-28(2,3)14-20-12-22-24(15-29(9-6-10-29)37-27(22)32-16-20)31-17-25(34)23(33-26(35)18-36-4)13-19-7-5-8-21(30)11-19/h5,7-8,11-12,16,23-25,31,34H,6,9-10,13-15,17-18H2,1-4H3,(H,33,35)/t23-,24-,25+/m0/s1. The van der Waals surface area contributed by atoms with Crippen molar-refractivity contribution in [1.29, 1.82) is 0 Å². The summed E-state index contributed by atoms with van der Waals surface area (Å²) in [7, 11) is 1.49. The van der Waals surface area contributed by atoms with Crippen molar-refractivity contribution in [3.05, 3.63) is 57.7 Å². The number of methoxy groups -OCH3 is 1. The van der Waals surface area contributed by atoms with Crippen molar-refractivity contribution in [3.63, 3.8) is 0 Å². The Morgan fingerprint density at radius 2 is 2.08 bits per heavy atom. The lowest BCUT2D eigenvalue weighted by Crippen LogP contribution is -2.52. The van der Waals surface area contributed by atoms with Gasteiger partial charge >= 0.3 is 0 Å². The Morgan fingerprint density at radius 3 is 2.73 bits per heavy atom. The first-order chi connectivity index (χ1) is 17.6. The molecule has 1 aromatic heterocycles. The van der Waals surface area contributed by atoms with Crippen LogP contribution >= 0.6 is 15.9 Å². The van der Waals surface area contributed by atoms with Gasteiger partial charge in [-0.1, -0.05) is 48.8 Å². The number of aromatic nitrogens is 1. The van der Waals surface area contributed by atoms with Crippen LogP contribution in [0.5, 0.6) is 5.88 Å². The highest BCUT2D eigenvalue weighted by Gasteiger charge is 2.46. The molecule has 3 atom stereocenters. The third-order valence-electron chi connectivity index (χ3n) is 7.20. The Balaban J connectivity index is 1.50. The van der Waals surface area contributed by atoms with E-state index in [2.05, 4.69) is 53.4 Å². The summed E-state index contributed by atoms with van der Waals surface area (Å²) in [5.41, 5.74) is 3.25. The zero-order chi connectivity index (χ0) is 26.6. The van der Waals surface area contributed by atoms with E-state index in [4.69, 9.17) is 14.5 Å². The van der Waals surface area contributed by atoms with Crippen molar-refractivity contribution < 1.29 is 19.4 Å². The van der Waals surface area contributed by atoms with Gasteiger partial charge in [0.15, 0.2) is 0 Å². The summed E-state index contributed by atoms with van der Waals surface area (Å²) >= 11 is 3.51. The molecular weight excluding hydrogens is 534 g/mol. The number of carbonyl (C=O) groups excluding carboxylic acids is 1. The number of pyridine rings is 1. The van der Waals surface area contributed by atoms with Gasteiger partial charge in [0.05, 0.1) is 12.1 Å². The van der Waals surface area contributed by atoms with Gasteiger partial charge in [-0.25, -0.2) is 4.98 Å². The Labute approximate surface area is 228 Å². The van der Waals surface area contributed by atoms with Gasteiger partial charge in [-0.2, -0.15) is 0 Å². The summed E-state index contributed by atoms with van der Waals surface area (Å²) in [5, 5.41) is 17.8. The minimum absolute atomic E-state index is 0.0207. The maximum absolute atomic E-state index is 12.4. The number of fused-ring (bicyclic) bond motifs is 1. The second kappa shape index (κ2) is 11.8. The summed E-state index contributed by atoms with van der Waals surface area (Å²) in [6, 6.07) is 9.69. The molecule has 0 unspecified atom stereocenters. The molecule has 4 rings (SSSR count). The molecule has 1 fully saturated rings. The highest BCUT2D eigenvalue weighted by Crippen LogP contribution is 2.48. The number of hydrogen-bond donors (Lipinski definition) is 3. The van der Waals surface area contributed by atoms with Crippen LogP contribution in [0.3, 0.4) is 0 Å². The first-order valence-electron chi connectivity index (χ1n) is 13.2. The number of aliphatic hydroxyl groups excluding tert-OH is 1. The first kappa shape index (κ1) is 28.0. The van der Waals surface area contributed by atoms with Crippen molar-refractivity contribution in [1.82, 2.24) is 15.6 Å². The van der Waals surface area contributed by atoms with Crippen molar-refractivity contribution in [3.8, 4) is 5.88 Å². The molecule has 2 aliphatic rings. The lowest BCUT2D eigenvalue weighted by Gasteiger charge is -2.47. The van der Waals surface area contributed by atoms with E-state index in [-0.39, 0.29) is 29.6 Å². The molecule has 1 amide bonds. The topological polar surface area (TPSA) is 92.7 Å². The van der Waals surface area contributed by atoms with E-state index < -0.39 is 12.1 Å². The Hall–Kier alpha value is -2.00. The normalized spacial score (nSPS) is 19.9. The van der Waals surface area contributed by atoms with Crippen LogP contribution in [0.25, 0.3) is 0 Å². The highest BCUT2D eigenvalue weighted by atomic mass is 79.9. The minimum Gasteiger partial charge on any atom is -0.471 e. The Bertz CT molecular complexity index is 1080. The van der Waals surface area contributed by atoms with Gasteiger partial charge in [0.2, 0.25) is 11.8 Å². The number of aliphatic hydroxyl groups is 1. The summed E-state index contributed by atoms with van der Waals surface area (Å²) in [4.78, 5) is 17.1. The van der Waals surface area contributed by atoms with E-state index >= 15 is 0 Å². The Kier molecular flexibility index (Phi) is 8.94. The Morgan fingerprint density at radius 1 is 1.30 bits per heavy atom. The molecule has 0 bridgehead atoms. The molecule has 3 N–H and O–H groups in total. The van der Waals surface area contributed by atoms with Gasteiger partial charge in [0.25, 0.3) is 0 Å². The summed E-state index contributed by atoms with van der Waals surface area (Å²) < 4.78 is 12.4. The summed E-state index contributed by atoms with van der Waals surface area (Å²) in [6.45, 7) is 6.95. The number of nitrogens with one attached hydrogen (secondary N) is 2. The van der Waals surface area contributed by atoms with E-state index in [9.17, 15) is 9.90 Å². The largest absolute Gasteiger partial charge is 0.471 e. The van der Waals surface area contributed by atoms with Gasteiger partial charge in [0, 0.05) is 42.4 Å². The minimum atomic E-state index is -0.797. The smallest absolute Gasteiger partial charge is 0.246 e. The highest BCUT2D eigenvalue weighted by molar-refractivity contribution is 9.10. The molecule has 2 aromatic rings. The molecule has 202 valence electrons. The maximum Gasteiger partial charge on any atom is 0.246 e. The number of halogens is 1. The number of nitrogens with zero attached hydrogens (tertiary/aromatic N) is 1. The van der Waals surface area contributed by atoms with E-state index in [1.165, 1.54) is 12.7 Å². The van der Waals surface area contributed by atoms with Crippen LogP contribution in [0.4, 0.5) is 0 Å². The van der Waals surface area contributed by atoms with Crippen LogP contribution in [0.1, 0.15) is 69.2 Å². The second-order valence-corrected chi connectivity index (χ2v) is 12.7. The molecule has 0 radical (unpaired) electrons. The monoisotopic (exact) mass is 573 g/mol. The van der Waals surface area contributed by atoms with E-state index in [0.717, 1.165) is 47.7 Å². The quantitative estimate of drug-likeness (QED) is 0.387. The van der Waals surface area contributed by atoms with Crippen molar-refractivity contribution >= 4 is 21.8 Å². The van der Waals surface area contributed by atoms with E-state index in [1.807, 2.05) is 30.5 Å². The lowest BCUT2D eigenvalue weighted by atomic mass is 9.73. The average molecular weight is 575 g/mol. The third-order valence-corrected chi connectivity index (χ3v) is 7.70. The van der Waals surface area contributed by atoms with Crippen LogP contribution in [0.15, 0.2) is 41.0 Å². The predicted octanol–water partition coefficient (Wildman–Crippen LogP) is 4.50. The van der Waals surface area contributed by atoms with Crippen LogP contribution in [0.2, 0.25) is 0 Å². The molecule has 8 heteroatoms. The number of amides is 1. The average Bonchev–Trinajstić information content (AvgIpc) is 2.80. The van der Waals surface area contributed by atoms with Gasteiger partial charge in [-0.3, -0.25) is 4.79 Å². The van der Waals surface area contributed by atoms with Crippen molar-refractivity contribution in [2.45, 2.75) is 83.1 Å². The second-order valence-electron chi connectivity index (χ2n) is 11.8. The molecule has 1 aliphatic heterocycles. The van der Waals surface area contributed by atoms with Crippen LogP contribution in [0, 0.1) is 5.41 Å². The number of ether oxygens (including phenoxy) is 2. The molecular formula is C29H40BrN3O4. The molecule has 7 nitrogen and oxygen atoms in total. The number of carbonyl (C=O) groups is 1. The molecule has 1 aliphatic carbocycles. The fraction of sp³-hybridized carbons (Fsp3) is 0.586. The van der Waals surface area contributed by atoms with E-state index in [0.29, 0.717) is 18.8 Å². The fourth-order valence-electron chi connectivity index (χ4n) is 5.33. The van der Waals surface area contributed by atoms with Crippen LogP contribution in [-0.4, -0.2) is 54.0 Å². The molecule has 1 aromatic carbocycles. The van der Waals surface area contributed by atoms with Gasteiger partial charge < -0.3 is 25.2 Å². The predicted molar refractivity (Wildman–Crippen MR) is 148 cm³/mol. The number of rotatable bonds is 10. The fourth-order valence-corrected chi connectivity index (χ4v) is 5.78. The van der Waals surface area contributed by atoms with Gasteiger partial charge in [-0.05, 0) is 66.8 Å². The number of benzene rings is 1. The maximum atomic E-state index is 12.4. The van der Waals surface area contributed by atoms with Gasteiger partial charge in [0.1, 0.15) is 12.2 Å². The molecule has 37 heavy (non-hydrogen) atoms. The number of hydrogen-bond acceptors (Lipinski definition) is 6. The molecule has 1 spiro atoms. The lowest BCUT2D eigenvalue weighted by molar-refractivity contribution is -0.126. The summed E-state index contributed by atoms with van der Waals surface area (Å²) in [5.74, 6) is 0.456. The zero-order valence-corrected chi connectivity index (χ0v) is 23.9. The van der Waals surface area contributed by atoms with Crippen LogP contribution < -0.4 is 15.4 Å². The zero-order valence-electron chi connectivity index (χ0n) is 22.4. The molecule has 2 heterocycles. The summed E-state index contributed by atoms with van der Waals surface area (Å²) in [6.07, 6.45) is 6.62. The van der Waals surface area contributed by atoms with Crippen molar-refractivity contribution in [2.75, 3.05) is 20.3 Å². The third kappa shape index (κ3) is 7.53. The first-order valence-corrected chi connectivity index (χ1v) is 14.0. The molecule has 0 saturated heterocycles. The van der Waals surface area contributed by atoms with E-state index in [1.54, 1.807) is 0 Å².